The Kier molecular flexibility index (Phi) is 5.26. The monoisotopic (exact) mass is 416 g/mol. The molecule has 0 radical (unpaired) electrons. The maximum atomic E-state index is 13.9. The summed E-state index contributed by atoms with van der Waals surface area (Å²) in [6.45, 7) is 0.725. The van der Waals surface area contributed by atoms with Gasteiger partial charge in [0.2, 0.25) is 0 Å². The molecular formula is C26H28N2O3. The van der Waals surface area contributed by atoms with Crippen molar-refractivity contribution in [2.45, 2.75) is 51.0 Å². The molecule has 2 amide bonds. The third kappa shape index (κ3) is 3.32. The second-order valence-electron chi connectivity index (χ2n) is 8.58. The molecule has 5 rings (SSSR count). The molecule has 0 aromatic heterocycles. The maximum absolute atomic E-state index is 13.9. The van der Waals surface area contributed by atoms with Gasteiger partial charge in [-0.15, -0.1) is 0 Å². The summed E-state index contributed by atoms with van der Waals surface area (Å²) < 4.78 is 5.59. The summed E-state index contributed by atoms with van der Waals surface area (Å²) >= 11 is 0. The highest BCUT2D eigenvalue weighted by Crippen LogP contribution is 2.42. The first-order valence-electron chi connectivity index (χ1n) is 11.3. The number of ether oxygens (including phenoxy) is 1. The van der Waals surface area contributed by atoms with Crippen LogP contribution in [0.15, 0.2) is 54.2 Å². The Hall–Kier alpha value is -3.08. The van der Waals surface area contributed by atoms with E-state index in [0.29, 0.717) is 22.6 Å². The lowest BCUT2D eigenvalue weighted by molar-refractivity contribution is -0.140. The van der Waals surface area contributed by atoms with E-state index in [-0.39, 0.29) is 17.9 Å². The summed E-state index contributed by atoms with van der Waals surface area (Å²) in [6, 6.07) is 15.7. The molecule has 0 atom stereocenters. The van der Waals surface area contributed by atoms with Crippen LogP contribution in [-0.2, 0) is 16.0 Å². The van der Waals surface area contributed by atoms with E-state index in [1.165, 1.54) is 12.0 Å². The Morgan fingerprint density at radius 3 is 2.42 bits per heavy atom. The minimum atomic E-state index is -0.181. The van der Waals surface area contributed by atoms with E-state index in [1.807, 2.05) is 36.4 Å². The normalized spacial score (nSPS) is 19.8. The summed E-state index contributed by atoms with van der Waals surface area (Å²) in [4.78, 5) is 31.3. The number of fused-ring (bicyclic) bond motifs is 1. The van der Waals surface area contributed by atoms with Crippen LogP contribution in [-0.4, -0.2) is 36.4 Å². The molecule has 2 heterocycles. The van der Waals surface area contributed by atoms with Crippen LogP contribution in [0.25, 0.3) is 5.57 Å². The molecule has 2 aromatic carbocycles. The van der Waals surface area contributed by atoms with Crippen molar-refractivity contribution in [2.75, 3.05) is 18.6 Å². The number of benzene rings is 2. The zero-order valence-corrected chi connectivity index (χ0v) is 18.0. The average molecular weight is 417 g/mol. The summed E-state index contributed by atoms with van der Waals surface area (Å²) in [5.41, 5.74) is 3.93. The Labute approximate surface area is 183 Å². The third-order valence-corrected chi connectivity index (χ3v) is 6.79. The van der Waals surface area contributed by atoms with Gasteiger partial charge < -0.3 is 9.64 Å². The van der Waals surface area contributed by atoms with Crippen molar-refractivity contribution in [2.24, 2.45) is 0 Å². The first-order valence-corrected chi connectivity index (χ1v) is 11.3. The molecular weight excluding hydrogens is 388 g/mol. The van der Waals surface area contributed by atoms with E-state index in [2.05, 4.69) is 17.0 Å². The maximum Gasteiger partial charge on any atom is 0.278 e. The average Bonchev–Trinajstić information content (AvgIpc) is 3.08. The van der Waals surface area contributed by atoms with Gasteiger partial charge in [0, 0.05) is 23.8 Å². The Balaban J connectivity index is 1.68. The molecule has 0 saturated heterocycles. The van der Waals surface area contributed by atoms with E-state index in [0.717, 1.165) is 50.8 Å². The predicted molar refractivity (Wildman–Crippen MR) is 121 cm³/mol. The minimum Gasteiger partial charge on any atom is -0.496 e. The highest BCUT2D eigenvalue weighted by Gasteiger charge is 2.46. The fourth-order valence-corrected chi connectivity index (χ4v) is 5.32. The molecule has 160 valence electrons. The van der Waals surface area contributed by atoms with E-state index < -0.39 is 0 Å². The topological polar surface area (TPSA) is 49.9 Å². The number of carbonyl (C=O) groups excluding carboxylic acids is 2. The molecule has 0 spiro atoms. The first kappa shape index (κ1) is 19.9. The van der Waals surface area contributed by atoms with Gasteiger partial charge in [0.05, 0.1) is 12.7 Å². The van der Waals surface area contributed by atoms with Gasteiger partial charge in [-0.25, -0.2) is 0 Å². The SMILES string of the molecule is COc1ccccc1C1=C(N2CCCc3ccccc32)C(=O)N(C2CCCCC2)C1=O. The lowest BCUT2D eigenvalue weighted by atomic mass is 9.94. The summed E-state index contributed by atoms with van der Waals surface area (Å²) in [5, 5.41) is 0. The molecule has 1 aliphatic carbocycles. The molecule has 3 aliphatic rings. The third-order valence-electron chi connectivity index (χ3n) is 6.79. The second-order valence-corrected chi connectivity index (χ2v) is 8.58. The van der Waals surface area contributed by atoms with Crippen molar-refractivity contribution in [3.05, 3.63) is 65.4 Å². The molecule has 2 aromatic rings. The second kappa shape index (κ2) is 8.22. The van der Waals surface area contributed by atoms with Gasteiger partial charge >= 0.3 is 0 Å². The van der Waals surface area contributed by atoms with E-state index >= 15 is 0 Å². The van der Waals surface area contributed by atoms with Crippen LogP contribution < -0.4 is 9.64 Å². The number of aryl methyl sites for hydroxylation is 1. The number of carbonyl (C=O) groups is 2. The number of amides is 2. The Bertz CT molecular complexity index is 1050. The van der Waals surface area contributed by atoms with Crippen LogP contribution in [0.3, 0.4) is 0 Å². The summed E-state index contributed by atoms with van der Waals surface area (Å²) in [7, 11) is 1.61. The van der Waals surface area contributed by atoms with Crippen molar-refractivity contribution in [1.82, 2.24) is 4.90 Å². The van der Waals surface area contributed by atoms with Crippen molar-refractivity contribution in [1.29, 1.82) is 0 Å². The van der Waals surface area contributed by atoms with Crippen LogP contribution in [0.2, 0.25) is 0 Å². The summed E-state index contributed by atoms with van der Waals surface area (Å²) in [5.74, 6) is 0.279. The van der Waals surface area contributed by atoms with Crippen molar-refractivity contribution >= 4 is 23.1 Å². The lowest BCUT2D eigenvalue weighted by Gasteiger charge is -2.33. The van der Waals surface area contributed by atoms with Gasteiger partial charge in [-0.1, -0.05) is 55.7 Å². The zero-order valence-electron chi connectivity index (χ0n) is 18.0. The van der Waals surface area contributed by atoms with E-state index in [1.54, 1.807) is 12.0 Å². The van der Waals surface area contributed by atoms with Gasteiger partial charge in [-0.3, -0.25) is 14.5 Å². The lowest BCUT2D eigenvalue weighted by Crippen LogP contribution is -2.44. The van der Waals surface area contributed by atoms with E-state index in [4.69, 9.17) is 4.74 Å². The van der Waals surface area contributed by atoms with E-state index in [9.17, 15) is 9.59 Å². The highest BCUT2D eigenvalue weighted by molar-refractivity contribution is 6.37. The quantitative estimate of drug-likeness (QED) is 0.686. The molecule has 2 aliphatic heterocycles. The Morgan fingerprint density at radius 1 is 0.871 bits per heavy atom. The molecule has 5 nitrogen and oxygen atoms in total. The van der Waals surface area contributed by atoms with Gasteiger partial charge in [-0.2, -0.15) is 0 Å². The standard InChI is InChI=1S/C26H28N2O3/c1-31-22-16-8-6-14-20(22)23-24(27-17-9-11-18-10-5-7-15-21(18)27)26(30)28(25(23)29)19-12-3-2-4-13-19/h5-8,10,14-16,19H,2-4,9,11-13,17H2,1H3. The van der Waals surface area contributed by atoms with Gasteiger partial charge in [0.25, 0.3) is 11.8 Å². The van der Waals surface area contributed by atoms with Crippen LogP contribution in [0.1, 0.15) is 49.7 Å². The number of rotatable bonds is 4. The zero-order chi connectivity index (χ0) is 21.4. The molecule has 0 bridgehead atoms. The van der Waals surface area contributed by atoms with Crippen LogP contribution in [0, 0.1) is 0 Å². The number of imide groups is 1. The molecule has 31 heavy (non-hydrogen) atoms. The number of para-hydroxylation sites is 2. The van der Waals surface area contributed by atoms with Crippen molar-refractivity contribution in [3.63, 3.8) is 0 Å². The number of anilines is 1. The molecule has 0 N–H and O–H groups in total. The number of hydrogen-bond donors (Lipinski definition) is 0. The van der Waals surface area contributed by atoms with Gasteiger partial charge in [0.1, 0.15) is 11.4 Å². The predicted octanol–water partition coefficient (Wildman–Crippen LogP) is 4.56. The largest absolute Gasteiger partial charge is 0.496 e. The Morgan fingerprint density at radius 2 is 1.61 bits per heavy atom. The fraction of sp³-hybridized carbons (Fsp3) is 0.385. The molecule has 1 fully saturated rings. The van der Waals surface area contributed by atoms with Gasteiger partial charge in [-0.05, 0) is 43.4 Å². The molecule has 5 heteroatoms. The molecule has 1 saturated carbocycles. The highest BCUT2D eigenvalue weighted by atomic mass is 16.5. The van der Waals surface area contributed by atoms with Crippen molar-refractivity contribution < 1.29 is 14.3 Å². The fourth-order valence-electron chi connectivity index (χ4n) is 5.32. The minimum absolute atomic E-state index is 0.0176. The van der Waals surface area contributed by atoms with Crippen LogP contribution in [0.4, 0.5) is 5.69 Å². The van der Waals surface area contributed by atoms with Crippen LogP contribution >= 0.6 is 0 Å². The number of nitrogens with zero attached hydrogens (tertiary/aromatic N) is 2. The first-order chi connectivity index (χ1) is 15.2. The van der Waals surface area contributed by atoms with Crippen molar-refractivity contribution in [3.8, 4) is 5.75 Å². The van der Waals surface area contributed by atoms with Gasteiger partial charge in [0.15, 0.2) is 0 Å². The smallest absolute Gasteiger partial charge is 0.278 e. The number of hydrogen-bond acceptors (Lipinski definition) is 4. The summed E-state index contributed by atoms with van der Waals surface area (Å²) in [6.07, 6.45) is 7.01. The molecule has 0 unspecified atom stereocenters. The number of methoxy groups -OCH3 is 1. The van der Waals surface area contributed by atoms with Crippen LogP contribution in [0.5, 0.6) is 5.75 Å².